The number of aromatic hydroxyl groups is 1. The molecule has 6 heteroatoms. The minimum Gasteiger partial charge on any atom is -0.508 e. The summed E-state index contributed by atoms with van der Waals surface area (Å²) in [6.07, 6.45) is 1.48. The van der Waals surface area contributed by atoms with Gasteiger partial charge in [-0.3, -0.25) is 4.79 Å². The zero-order valence-electron chi connectivity index (χ0n) is 14.2. The van der Waals surface area contributed by atoms with Crippen LogP contribution in [-0.4, -0.2) is 37.3 Å². The number of carbonyl (C=O) groups is 1. The molecule has 0 unspecified atom stereocenters. The van der Waals surface area contributed by atoms with Gasteiger partial charge >= 0.3 is 0 Å². The van der Waals surface area contributed by atoms with Crippen molar-refractivity contribution in [2.24, 2.45) is 0 Å². The SMILES string of the molecule is N#C/C(=C\c1ccc(O)cc1)C(=O)Nc1ccc(N2CCOCC2)cc1. The number of benzene rings is 2. The molecule has 1 amide bonds. The maximum Gasteiger partial charge on any atom is 0.266 e. The van der Waals surface area contributed by atoms with Crippen LogP contribution in [0, 0.1) is 11.3 Å². The molecule has 1 aliphatic heterocycles. The average molecular weight is 349 g/mol. The monoisotopic (exact) mass is 349 g/mol. The number of ether oxygens (including phenoxy) is 1. The third-order valence-corrected chi connectivity index (χ3v) is 4.07. The van der Waals surface area contributed by atoms with Gasteiger partial charge < -0.3 is 20.1 Å². The van der Waals surface area contributed by atoms with E-state index in [9.17, 15) is 15.2 Å². The van der Waals surface area contributed by atoms with E-state index in [1.165, 1.54) is 18.2 Å². The van der Waals surface area contributed by atoms with Gasteiger partial charge in [0, 0.05) is 24.5 Å². The highest BCUT2D eigenvalue weighted by Gasteiger charge is 2.12. The fraction of sp³-hybridized carbons (Fsp3) is 0.200. The van der Waals surface area contributed by atoms with Crippen LogP contribution < -0.4 is 10.2 Å². The van der Waals surface area contributed by atoms with Crippen LogP contribution in [-0.2, 0) is 9.53 Å². The molecule has 0 aliphatic carbocycles. The molecule has 0 atom stereocenters. The predicted molar refractivity (Wildman–Crippen MR) is 99.8 cm³/mol. The molecule has 6 nitrogen and oxygen atoms in total. The summed E-state index contributed by atoms with van der Waals surface area (Å²) in [7, 11) is 0. The zero-order chi connectivity index (χ0) is 18.4. The Morgan fingerprint density at radius 3 is 2.38 bits per heavy atom. The van der Waals surface area contributed by atoms with Crippen LogP contribution in [0.3, 0.4) is 0 Å². The number of carbonyl (C=O) groups excluding carboxylic acids is 1. The van der Waals surface area contributed by atoms with Gasteiger partial charge in [0.2, 0.25) is 0 Å². The molecule has 0 radical (unpaired) electrons. The van der Waals surface area contributed by atoms with E-state index in [1.54, 1.807) is 12.1 Å². The number of phenols is 1. The number of hydrogen-bond donors (Lipinski definition) is 2. The summed E-state index contributed by atoms with van der Waals surface area (Å²) < 4.78 is 5.34. The minimum absolute atomic E-state index is 0.00653. The molecular formula is C20H19N3O3. The second-order valence-corrected chi connectivity index (χ2v) is 5.86. The number of amides is 1. The number of rotatable bonds is 4. The molecule has 0 spiro atoms. The maximum atomic E-state index is 12.3. The van der Waals surface area contributed by atoms with Gasteiger partial charge in [0.1, 0.15) is 17.4 Å². The highest BCUT2D eigenvalue weighted by molar-refractivity contribution is 6.09. The third-order valence-electron chi connectivity index (χ3n) is 4.07. The Bertz CT molecular complexity index is 830. The first kappa shape index (κ1) is 17.5. The molecule has 1 saturated heterocycles. The van der Waals surface area contributed by atoms with Gasteiger partial charge in [-0.25, -0.2) is 0 Å². The van der Waals surface area contributed by atoms with Crippen LogP contribution in [0.1, 0.15) is 5.56 Å². The van der Waals surface area contributed by atoms with Crippen LogP contribution in [0.4, 0.5) is 11.4 Å². The van der Waals surface area contributed by atoms with Crippen molar-refractivity contribution in [3.8, 4) is 11.8 Å². The molecule has 0 aromatic heterocycles. The number of anilines is 2. The maximum absolute atomic E-state index is 12.3. The Kier molecular flexibility index (Phi) is 5.52. The number of hydrogen-bond acceptors (Lipinski definition) is 5. The van der Waals surface area contributed by atoms with Gasteiger partial charge in [0.05, 0.1) is 13.2 Å². The fourth-order valence-electron chi connectivity index (χ4n) is 2.66. The lowest BCUT2D eigenvalue weighted by Crippen LogP contribution is -2.36. The van der Waals surface area contributed by atoms with Crippen molar-refractivity contribution in [1.82, 2.24) is 0 Å². The van der Waals surface area contributed by atoms with Crippen LogP contribution >= 0.6 is 0 Å². The lowest BCUT2D eigenvalue weighted by Gasteiger charge is -2.28. The summed E-state index contributed by atoms with van der Waals surface area (Å²) in [5.41, 5.74) is 2.36. The molecule has 132 valence electrons. The van der Waals surface area contributed by atoms with Crippen molar-refractivity contribution in [1.29, 1.82) is 5.26 Å². The van der Waals surface area contributed by atoms with E-state index in [-0.39, 0.29) is 11.3 Å². The van der Waals surface area contributed by atoms with E-state index in [2.05, 4.69) is 10.2 Å². The summed E-state index contributed by atoms with van der Waals surface area (Å²) in [5.74, 6) is -0.342. The van der Waals surface area contributed by atoms with Crippen molar-refractivity contribution in [3.63, 3.8) is 0 Å². The second kappa shape index (κ2) is 8.19. The first-order valence-electron chi connectivity index (χ1n) is 8.30. The average Bonchev–Trinajstić information content (AvgIpc) is 2.68. The van der Waals surface area contributed by atoms with E-state index in [1.807, 2.05) is 30.3 Å². The van der Waals surface area contributed by atoms with Crippen molar-refractivity contribution in [2.45, 2.75) is 0 Å². The number of phenolic OH excluding ortho intramolecular Hbond substituents is 1. The Morgan fingerprint density at radius 2 is 1.77 bits per heavy atom. The molecule has 2 N–H and O–H groups in total. The standard InChI is InChI=1S/C20H19N3O3/c21-14-16(13-15-1-7-19(24)8-2-15)20(25)22-17-3-5-18(6-4-17)23-9-11-26-12-10-23/h1-8,13,24H,9-12H2,(H,22,25)/b16-13+. The van der Waals surface area contributed by atoms with Crippen molar-refractivity contribution < 1.29 is 14.6 Å². The third kappa shape index (κ3) is 4.41. The molecule has 26 heavy (non-hydrogen) atoms. The molecule has 1 heterocycles. The summed E-state index contributed by atoms with van der Waals surface area (Å²) in [5, 5.41) is 21.3. The topological polar surface area (TPSA) is 85.6 Å². The molecule has 1 aliphatic rings. The van der Waals surface area contributed by atoms with E-state index in [0.717, 1.165) is 18.8 Å². The van der Waals surface area contributed by atoms with E-state index >= 15 is 0 Å². The van der Waals surface area contributed by atoms with Gasteiger partial charge in [-0.15, -0.1) is 0 Å². The Hall–Kier alpha value is -3.30. The molecular weight excluding hydrogens is 330 g/mol. The van der Waals surface area contributed by atoms with E-state index < -0.39 is 5.91 Å². The number of morpholine rings is 1. The molecule has 1 fully saturated rings. The second-order valence-electron chi connectivity index (χ2n) is 5.86. The lowest BCUT2D eigenvalue weighted by molar-refractivity contribution is -0.112. The molecule has 0 bridgehead atoms. The number of nitrogens with one attached hydrogen (secondary N) is 1. The van der Waals surface area contributed by atoms with E-state index in [4.69, 9.17) is 4.74 Å². The Labute approximate surface area is 151 Å². The lowest BCUT2D eigenvalue weighted by atomic mass is 10.1. The normalized spacial score (nSPS) is 14.6. The van der Waals surface area contributed by atoms with E-state index in [0.29, 0.717) is 24.5 Å². The van der Waals surface area contributed by atoms with Crippen LogP contribution in [0.5, 0.6) is 5.75 Å². The minimum atomic E-state index is -0.473. The number of nitriles is 1. The summed E-state index contributed by atoms with van der Waals surface area (Å²) >= 11 is 0. The van der Waals surface area contributed by atoms with Gasteiger partial charge in [-0.2, -0.15) is 5.26 Å². The van der Waals surface area contributed by atoms with Crippen molar-refractivity contribution >= 4 is 23.4 Å². The summed E-state index contributed by atoms with van der Waals surface area (Å²) in [6.45, 7) is 3.12. The highest BCUT2D eigenvalue weighted by atomic mass is 16.5. The molecule has 2 aromatic rings. The number of nitrogens with zero attached hydrogens (tertiary/aromatic N) is 2. The molecule has 3 rings (SSSR count). The molecule has 2 aromatic carbocycles. The first-order valence-corrected chi connectivity index (χ1v) is 8.30. The van der Waals surface area contributed by atoms with Crippen molar-refractivity contribution in [3.05, 3.63) is 59.7 Å². The summed E-state index contributed by atoms with van der Waals surface area (Å²) in [4.78, 5) is 14.5. The van der Waals surface area contributed by atoms with Gasteiger partial charge in [-0.1, -0.05) is 12.1 Å². The highest BCUT2D eigenvalue weighted by Crippen LogP contribution is 2.20. The quantitative estimate of drug-likeness (QED) is 0.655. The zero-order valence-corrected chi connectivity index (χ0v) is 14.2. The summed E-state index contributed by atoms with van der Waals surface area (Å²) in [6, 6.07) is 15.7. The van der Waals surface area contributed by atoms with Gasteiger partial charge in [-0.05, 0) is 48.0 Å². The fourth-order valence-corrected chi connectivity index (χ4v) is 2.66. The van der Waals surface area contributed by atoms with Gasteiger partial charge in [0.25, 0.3) is 5.91 Å². The predicted octanol–water partition coefficient (Wildman–Crippen LogP) is 2.77. The first-order chi connectivity index (χ1) is 12.7. The van der Waals surface area contributed by atoms with Crippen LogP contribution in [0.2, 0.25) is 0 Å². The Morgan fingerprint density at radius 1 is 1.12 bits per heavy atom. The largest absolute Gasteiger partial charge is 0.508 e. The van der Waals surface area contributed by atoms with Gasteiger partial charge in [0.15, 0.2) is 0 Å². The van der Waals surface area contributed by atoms with Crippen LogP contribution in [0.25, 0.3) is 6.08 Å². The van der Waals surface area contributed by atoms with Crippen LogP contribution in [0.15, 0.2) is 54.1 Å². The Balaban J connectivity index is 1.68. The smallest absolute Gasteiger partial charge is 0.266 e. The van der Waals surface area contributed by atoms with Crippen molar-refractivity contribution in [2.75, 3.05) is 36.5 Å². The molecule has 0 saturated carbocycles.